The van der Waals surface area contributed by atoms with E-state index in [-0.39, 0.29) is 22.9 Å². The van der Waals surface area contributed by atoms with Crippen molar-refractivity contribution in [3.63, 3.8) is 0 Å². The van der Waals surface area contributed by atoms with Gasteiger partial charge in [-0.25, -0.2) is 0 Å². The summed E-state index contributed by atoms with van der Waals surface area (Å²) in [6.45, 7) is 8.48. The number of esters is 1. The predicted molar refractivity (Wildman–Crippen MR) is 116 cm³/mol. The highest BCUT2D eigenvalue weighted by Crippen LogP contribution is 2.67. The van der Waals surface area contributed by atoms with Crippen LogP contribution in [0.2, 0.25) is 0 Å². The molecule has 9 unspecified atom stereocenters. The van der Waals surface area contributed by atoms with Gasteiger partial charge >= 0.3 is 5.97 Å². The summed E-state index contributed by atoms with van der Waals surface area (Å²) in [5, 5.41) is 0. The Hall–Kier alpha value is -1.19. The van der Waals surface area contributed by atoms with E-state index in [1.165, 1.54) is 26.2 Å². The van der Waals surface area contributed by atoms with Crippen LogP contribution in [0.3, 0.4) is 0 Å². The highest BCUT2D eigenvalue weighted by atomic mass is 16.5. The van der Waals surface area contributed by atoms with E-state index in [0.717, 1.165) is 44.8 Å². The van der Waals surface area contributed by atoms with Crippen molar-refractivity contribution in [3.8, 4) is 0 Å². The van der Waals surface area contributed by atoms with Crippen LogP contribution in [0.1, 0.15) is 91.9 Å². The number of hydrogen-bond acceptors (Lipinski definition) is 4. The van der Waals surface area contributed by atoms with Crippen molar-refractivity contribution in [2.45, 2.75) is 98.0 Å². The third-order valence-corrected chi connectivity index (χ3v) is 10.3. The fraction of sp³-hybridized carbons (Fsp3) is 0.885. The molecule has 4 nitrogen and oxygen atoms in total. The molecule has 0 radical (unpaired) electrons. The molecule has 4 fully saturated rings. The van der Waals surface area contributed by atoms with E-state index >= 15 is 0 Å². The summed E-state index contributed by atoms with van der Waals surface area (Å²) in [7, 11) is 0. The molecule has 0 saturated heterocycles. The third kappa shape index (κ3) is 3.37. The fourth-order valence-corrected chi connectivity index (χ4v) is 8.74. The molecule has 0 aromatic rings. The third-order valence-electron chi connectivity index (χ3n) is 10.3. The number of aldehydes is 1. The highest BCUT2D eigenvalue weighted by molar-refractivity contribution is 5.87. The molecule has 4 rings (SSSR count). The largest absolute Gasteiger partial charge is 0.463 e. The molecular weight excluding hydrogens is 376 g/mol. The zero-order chi connectivity index (χ0) is 21.7. The van der Waals surface area contributed by atoms with E-state index in [9.17, 15) is 14.4 Å². The van der Waals surface area contributed by atoms with E-state index in [1.54, 1.807) is 0 Å². The van der Waals surface area contributed by atoms with Gasteiger partial charge in [0.05, 0.1) is 0 Å². The normalized spacial score (nSPS) is 46.3. The monoisotopic (exact) mass is 416 g/mol. The van der Waals surface area contributed by atoms with Gasteiger partial charge in [-0.1, -0.05) is 20.8 Å². The maximum absolute atomic E-state index is 13.7. The van der Waals surface area contributed by atoms with Crippen molar-refractivity contribution >= 4 is 18.0 Å². The van der Waals surface area contributed by atoms with Crippen molar-refractivity contribution in [3.05, 3.63) is 0 Å². The Labute approximate surface area is 181 Å². The highest BCUT2D eigenvalue weighted by Gasteiger charge is 2.64. The molecule has 4 aliphatic rings. The summed E-state index contributed by atoms with van der Waals surface area (Å²) in [5.74, 6) is 3.43. The molecule has 30 heavy (non-hydrogen) atoms. The van der Waals surface area contributed by atoms with Crippen LogP contribution in [-0.4, -0.2) is 24.1 Å². The minimum Gasteiger partial charge on any atom is -0.463 e. The standard InChI is InChI=1S/C26H40O4/c1-16(6-5-13-27)21-9-10-22-20-8-7-18-14-19(30-17(2)28)11-12-25(18,3)23(20)15-24(29)26(21,22)4/h13,16,18-23H,5-12,14-15H2,1-4H3. The molecule has 0 heterocycles. The maximum Gasteiger partial charge on any atom is 0.302 e. The van der Waals surface area contributed by atoms with Gasteiger partial charge in [0.1, 0.15) is 18.2 Å². The van der Waals surface area contributed by atoms with Gasteiger partial charge in [-0.3, -0.25) is 9.59 Å². The summed E-state index contributed by atoms with van der Waals surface area (Å²) in [6.07, 6.45) is 11.1. The number of Topliss-reactive ketones (excluding diaryl/α,β-unsaturated/α-hetero) is 1. The van der Waals surface area contributed by atoms with Crippen LogP contribution in [0.25, 0.3) is 0 Å². The molecule has 9 atom stereocenters. The predicted octanol–water partition coefficient (Wildman–Crippen LogP) is 5.37. The molecule has 0 aliphatic heterocycles. The first-order chi connectivity index (χ1) is 14.2. The Morgan fingerprint density at radius 3 is 2.63 bits per heavy atom. The first-order valence-electron chi connectivity index (χ1n) is 12.4. The fourth-order valence-electron chi connectivity index (χ4n) is 8.74. The van der Waals surface area contributed by atoms with Gasteiger partial charge in [0.15, 0.2) is 0 Å². The summed E-state index contributed by atoms with van der Waals surface area (Å²) in [6, 6.07) is 0. The van der Waals surface area contributed by atoms with Gasteiger partial charge in [0.2, 0.25) is 0 Å². The zero-order valence-electron chi connectivity index (χ0n) is 19.3. The van der Waals surface area contributed by atoms with Crippen LogP contribution >= 0.6 is 0 Å². The van der Waals surface area contributed by atoms with E-state index < -0.39 is 0 Å². The molecule has 4 saturated carbocycles. The molecule has 4 aliphatic carbocycles. The number of ketones is 1. The quantitative estimate of drug-likeness (QED) is 0.446. The van der Waals surface area contributed by atoms with Crippen molar-refractivity contribution in [2.24, 2.45) is 46.3 Å². The van der Waals surface area contributed by atoms with Crippen LogP contribution in [0, 0.1) is 46.3 Å². The van der Waals surface area contributed by atoms with Crippen molar-refractivity contribution in [2.75, 3.05) is 0 Å². The van der Waals surface area contributed by atoms with E-state index in [2.05, 4.69) is 20.8 Å². The summed E-state index contributed by atoms with van der Waals surface area (Å²) in [4.78, 5) is 36.1. The van der Waals surface area contributed by atoms with Gasteiger partial charge < -0.3 is 9.53 Å². The van der Waals surface area contributed by atoms with Crippen LogP contribution in [0.5, 0.6) is 0 Å². The smallest absolute Gasteiger partial charge is 0.302 e. The number of rotatable bonds is 5. The summed E-state index contributed by atoms with van der Waals surface area (Å²) >= 11 is 0. The van der Waals surface area contributed by atoms with Crippen LogP contribution in [-0.2, 0) is 19.1 Å². The first kappa shape index (κ1) is 22.0. The Bertz CT molecular complexity index is 701. The minimum atomic E-state index is -0.193. The van der Waals surface area contributed by atoms with Gasteiger partial charge in [0.25, 0.3) is 0 Å². The molecule has 0 aromatic carbocycles. The second-order valence-corrected chi connectivity index (χ2v) is 11.5. The molecular formula is C26H40O4. The Kier molecular flexibility index (Phi) is 5.91. The second kappa shape index (κ2) is 8.06. The molecule has 4 heteroatoms. The summed E-state index contributed by atoms with van der Waals surface area (Å²) in [5.41, 5.74) is 0.0133. The molecule has 0 N–H and O–H groups in total. The van der Waals surface area contributed by atoms with Crippen LogP contribution in [0.15, 0.2) is 0 Å². The number of carbonyl (C=O) groups excluding carboxylic acids is 3. The number of hydrogen-bond donors (Lipinski definition) is 0. The van der Waals surface area contributed by atoms with Crippen LogP contribution < -0.4 is 0 Å². The van der Waals surface area contributed by atoms with Crippen LogP contribution in [0.4, 0.5) is 0 Å². The summed E-state index contributed by atoms with van der Waals surface area (Å²) < 4.78 is 5.57. The van der Waals surface area contributed by atoms with Crippen molar-refractivity contribution in [1.29, 1.82) is 0 Å². The van der Waals surface area contributed by atoms with Crippen molar-refractivity contribution in [1.82, 2.24) is 0 Å². The number of fused-ring (bicyclic) bond motifs is 5. The van der Waals surface area contributed by atoms with E-state index in [1.807, 2.05) is 0 Å². The maximum atomic E-state index is 13.7. The van der Waals surface area contributed by atoms with Gasteiger partial charge in [-0.15, -0.1) is 0 Å². The molecule has 0 amide bonds. The lowest BCUT2D eigenvalue weighted by molar-refractivity contribution is -0.167. The Balaban J connectivity index is 1.54. The lowest BCUT2D eigenvalue weighted by Crippen LogP contribution is -2.57. The SMILES string of the molecule is CC(=O)OC1CCC2(C)C(CCC3C2CC(=O)C2(C)C(C(C)CCC=O)CCC32)C1. The van der Waals surface area contributed by atoms with Crippen molar-refractivity contribution < 1.29 is 19.1 Å². The van der Waals surface area contributed by atoms with E-state index in [4.69, 9.17) is 4.74 Å². The Morgan fingerprint density at radius 1 is 1.17 bits per heavy atom. The molecule has 168 valence electrons. The Morgan fingerprint density at radius 2 is 1.93 bits per heavy atom. The number of carbonyl (C=O) groups is 3. The van der Waals surface area contributed by atoms with Gasteiger partial charge in [0, 0.05) is 25.2 Å². The first-order valence-corrected chi connectivity index (χ1v) is 12.4. The lowest BCUT2D eigenvalue weighted by Gasteiger charge is -2.60. The lowest BCUT2D eigenvalue weighted by atomic mass is 9.44. The minimum absolute atomic E-state index is 0.0659. The average Bonchev–Trinajstić information content (AvgIpc) is 3.06. The zero-order valence-corrected chi connectivity index (χ0v) is 19.3. The molecule has 0 aromatic heterocycles. The number of ether oxygens (including phenoxy) is 1. The van der Waals surface area contributed by atoms with E-state index in [0.29, 0.717) is 47.7 Å². The molecule has 0 spiro atoms. The van der Waals surface area contributed by atoms with Gasteiger partial charge in [-0.05, 0) is 92.3 Å². The second-order valence-electron chi connectivity index (χ2n) is 11.5. The topological polar surface area (TPSA) is 60.4 Å². The average molecular weight is 417 g/mol. The van der Waals surface area contributed by atoms with Gasteiger partial charge in [-0.2, -0.15) is 0 Å². The molecule has 0 bridgehead atoms.